The number of carbonyl (C=O) groups excluding carboxylic acids is 1. The predicted molar refractivity (Wildman–Crippen MR) is 70.6 cm³/mol. The van der Waals surface area contributed by atoms with E-state index in [1.807, 2.05) is 6.92 Å². The van der Waals surface area contributed by atoms with E-state index in [1.165, 1.54) is 13.1 Å². The number of hydrogen-bond acceptors (Lipinski definition) is 3. The van der Waals surface area contributed by atoms with Crippen LogP contribution in [0, 0.1) is 5.82 Å². The molecule has 0 fully saturated rings. The van der Waals surface area contributed by atoms with Crippen molar-refractivity contribution in [1.29, 1.82) is 0 Å². The first-order chi connectivity index (χ1) is 9.80. The summed E-state index contributed by atoms with van der Waals surface area (Å²) in [4.78, 5) is 16.3. The molecule has 0 unspecified atom stereocenters. The van der Waals surface area contributed by atoms with Gasteiger partial charge in [0.1, 0.15) is 6.54 Å². The summed E-state index contributed by atoms with van der Waals surface area (Å²) < 4.78 is 51.3. The number of aromatic nitrogens is 1. The zero-order chi connectivity index (χ0) is 16.0. The molecule has 0 aromatic carbocycles. The largest absolute Gasteiger partial charge is 0.406 e. The molecule has 21 heavy (non-hydrogen) atoms. The Labute approximate surface area is 120 Å². The zero-order valence-electron chi connectivity index (χ0n) is 11.8. The molecule has 1 N–H and O–H groups in total. The van der Waals surface area contributed by atoms with E-state index in [1.54, 1.807) is 0 Å². The lowest BCUT2D eigenvalue weighted by molar-refractivity contribution is -0.140. The molecule has 0 aliphatic carbocycles. The molecule has 118 valence electrons. The lowest BCUT2D eigenvalue weighted by Gasteiger charge is -2.22. The van der Waals surface area contributed by atoms with Crippen LogP contribution in [0.1, 0.15) is 30.6 Å². The highest BCUT2D eigenvalue weighted by atomic mass is 19.4. The summed E-state index contributed by atoms with van der Waals surface area (Å²) in [5, 5.41) is 2.68. The van der Waals surface area contributed by atoms with Gasteiger partial charge in [-0.3, -0.25) is 4.79 Å². The Hall–Kier alpha value is -1.86. The van der Waals surface area contributed by atoms with Crippen LogP contribution in [0.15, 0.2) is 12.3 Å². The maximum absolute atomic E-state index is 14.1. The van der Waals surface area contributed by atoms with E-state index in [9.17, 15) is 22.4 Å². The van der Waals surface area contributed by atoms with E-state index in [2.05, 4.69) is 10.3 Å². The maximum atomic E-state index is 14.1. The molecule has 1 rings (SSSR count). The van der Waals surface area contributed by atoms with Gasteiger partial charge in [0.2, 0.25) is 0 Å². The van der Waals surface area contributed by atoms with Crippen LogP contribution in [0.25, 0.3) is 0 Å². The third kappa shape index (κ3) is 4.87. The van der Waals surface area contributed by atoms with Crippen molar-refractivity contribution >= 4 is 11.7 Å². The number of hydrogen-bond donors (Lipinski definition) is 1. The Bertz CT molecular complexity index is 491. The van der Waals surface area contributed by atoms with Crippen molar-refractivity contribution in [1.82, 2.24) is 9.88 Å². The van der Waals surface area contributed by atoms with Crippen LogP contribution in [0.4, 0.5) is 23.4 Å². The van der Waals surface area contributed by atoms with Gasteiger partial charge in [0.05, 0.1) is 5.56 Å². The maximum Gasteiger partial charge on any atom is 0.406 e. The molecule has 1 amide bonds. The molecule has 0 saturated heterocycles. The van der Waals surface area contributed by atoms with Crippen molar-refractivity contribution in [2.45, 2.75) is 26.4 Å². The van der Waals surface area contributed by atoms with Gasteiger partial charge in [-0.05, 0) is 19.4 Å². The fourth-order valence-corrected chi connectivity index (χ4v) is 1.69. The van der Waals surface area contributed by atoms with Gasteiger partial charge in [-0.25, -0.2) is 9.37 Å². The second-order valence-corrected chi connectivity index (χ2v) is 4.38. The predicted octanol–water partition coefficient (Wildman–Crippen LogP) is 3.07. The Balaban J connectivity index is 3.00. The quantitative estimate of drug-likeness (QED) is 0.822. The van der Waals surface area contributed by atoms with Crippen molar-refractivity contribution in [3.63, 3.8) is 0 Å². The summed E-state index contributed by atoms with van der Waals surface area (Å²) in [7, 11) is 0. The van der Waals surface area contributed by atoms with Gasteiger partial charge in [0, 0.05) is 19.3 Å². The number of amides is 1. The average molecular weight is 307 g/mol. The minimum atomic E-state index is -4.53. The highest BCUT2D eigenvalue weighted by molar-refractivity contribution is 5.95. The molecular weight excluding hydrogens is 290 g/mol. The first-order valence-electron chi connectivity index (χ1n) is 6.54. The molecule has 0 bridgehead atoms. The first-order valence-corrected chi connectivity index (χ1v) is 6.54. The van der Waals surface area contributed by atoms with Crippen molar-refractivity contribution in [3.05, 3.63) is 23.6 Å². The van der Waals surface area contributed by atoms with Crippen LogP contribution in [-0.4, -0.2) is 41.6 Å². The summed E-state index contributed by atoms with van der Waals surface area (Å²) in [6, 6.07) is 1.08. The van der Waals surface area contributed by atoms with Crippen LogP contribution in [0.5, 0.6) is 0 Å². The molecule has 0 aliphatic heterocycles. The highest BCUT2D eigenvalue weighted by Gasteiger charge is 2.33. The van der Waals surface area contributed by atoms with E-state index in [4.69, 9.17) is 0 Å². The summed E-state index contributed by atoms with van der Waals surface area (Å²) in [5.41, 5.74) is -0.422. The molecule has 0 spiro atoms. The third-order valence-corrected chi connectivity index (χ3v) is 2.70. The number of rotatable bonds is 6. The standard InChI is InChI=1S/C13H17F4N3O/c1-3-6-18-11-10(14)9(5-7-19-11)12(21)20(4-2)8-13(15,16)17/h5,7H,3-4,6,8H2,1-2H3,(H,18,19). The number of anilines is 1. The van der Waals surface area contributed by atoms with Crippen LogP contribution in [0.2, 0.25) is 0 Å². The van der Waals surface area contributed by atoms with Crippen molar-refractivity contribution in [2.75, 3.05) is 25.0 Å². The molecule has 0 atom stereocenters. The lowest BCUT2D eigenvalue weighted by Crippen LogP contribution is -2.39. The number of halogens is 4. The van der Waals surface area contributed by atoms with Gasteiger partial charge in [-0.15, -0.1) is 0 Å². The molecule has 1 aromatic rings. The van der Waals surface area contributed by atoms with Gasteiger partial charge >= 0.3 is 6.18 Å². The average Bonchev–Trinajstić information content (AvgIpc) is 2.42. The second-order valence-electron chi connectivity index (χ2n) is 4.38. The zero-order valence-corrected chi connectivity index (χ0v) is 11.8. The van der Waals surface area contributed by atoms with Gasteiger partial charge in [-0.1, -0.05) is 6.92 Å². The molecule has 1 heterocycles. The Morgan fingerprint density at radius 2 is 2.05 bits per heavy atom. The molecular formula is C13H17F4N3O. The first kappa shape index (κ1) is 17.2. The fourth-order valence-electron chi connectivity index (χ4n) is 1.69. The number of nitrogens with zero attached hydrogens (tertiary/aromatic N) is 2. The topological polar surface area (TPSA) is 45.2 Å². The van der Waals surface area contributed by atoms with E-state index in [0.29, 0.717) is 17.9 Å². The third-order valence-electron chi connectivity index (χ3n) is 2.70. The fraction of sp³-hybridized carbons (Fsp3) is 0.538. The van der Waals surface area contributed by atoms with Gasteiger partial charge < -0.3 is 10.2 Å². The Morgan fingerprint density at radius 1 is 1.38 bits per heavy atom. The Morgan fingerprint density at radius 3 is 2.57 bits per heavy atom. The van der Waals surface area contributed by atoms with E-state index in [0.717, 1.165) is 6.07 Å². The number of pyridine rings is 1. The van der Waals surface area contributed by atoms with E-state index < -0.39 is 30.0 Å². The number of nitrogens with one attached hydrogen (secondary N) is 1. The van der Waals surface area contributed by atoms with E-state index >= 15 is 0 Å². The molecule has 0 radical (unpaired) electrons. The van der Waals surface area contributed by atoms with Crippen LogP contribution in [0.3, 0.4) is 0 Å². The SMILES string of the molecule is CCCNc1nccc(C(=O)N(CC)CC(F)(F)F)c1F. The molecule has 8 heteroatoms. The van der Waals surface area contributed by atoms with Crippen molar-refractivity contribution in [2.24, 2.45) is 0 Å². The van der Waals surface area contributed by atoms with Gasteiger partial charge in [0.25, 0.3) is 5.91 Å². The summed E-state index contributed by atoms with van der Waals surface area (Å²) >= 11 is 0. The van der Waals surface area contributed by atoms with Crippen LogP contribution >= 0.6 is 0 Å². The molecule has 0 saturated carbocycles. The van der Waals surface area contributed by atoms with Crippen LogP contribution < -0.4 is 5.32 Å². The van der Waals surface area contributed by atoms with E-state index in [-0.39, 0.29) is 12.4 Å². The Kier molecular flexibility index (Phi) is 5.92. The normalized spacial score (nSPS) is 11.3. The molecule has 4 nitrogen and oxygen atoms in total. The van der Waals surface area contributed by atoms with Crippen molar-refractivity contribution in [3.8, 4) is 0 Å². The molecule has 0 aliphatic rings. The summed E-state index contributed by atoms with van der Waals surface area (Å²) in [6.45, 7) is 2.13. The number of carbonyl (C=O) groups is 1. The monoisotopic (exact) mass is 307 g/mol. The lowest BCUT2D eigenvalue weighted by atomic mass is 10.2. The summed E-state index contributed by atoms with van der Waals surface area (Å²) in [6.07, 6.45) is -2.62. The molecule has 1 aromatic heterocycles. The van der Waals surface area contributed by atoms with Gasteiger partial charge in [0.15, 0.2) is 11.6 Å². The van der Waals surface area contributed by atoms with Gasteiger partial charge in [-0.2, -0.15) is 13.2 Å². The summed E-state index contributed by atoms with van der Waals surface area (Å²) in [5.74, 6) is -2.07. The second kappa shape index (κ2) is 7.24. The highest BCUT2D eigenvalue weighted by Crippen LogP contribution is 2.21. The smallest absolute Gasteiger partial charge is 0.368 e. The van der Waals surface area contributed by atoms with Crippen molar-refractivity contribution < 1.29 is 22.4 Å². The number of alkyl halides is 3. The minimum Gasteiger partial charge on any atom is -0.368 e. The minimum absolute atomic E-state index is 0.134. The van der Waals surface area contributed by atoms with Crippen LogP contribution in [-0.2, 0) is 0 Å².